The van der Waals surface area contributed by atoms with Gasteiger partial charge in [0.25, 0.3) is 0 Å². The van der Waals surface area contributed by atoms with Crippen LogP contribution in [0.15, 0.2) is 10.6 Å². The SMILES string of the molecule is CC1(c2cnc(CCN)o2)CCC1. The largest absolute Gasteiger partial charge is 0.445 e. The highest BCUT2D eigenvalue weighted by Crippen LogP contribution is 2.43. The summed E-state index contributed by atoms with van der Waals surface area (Å²) in [5.74, 6) is 1.83. The Labute approximate surface area is 78.3 Å². The molecule has 0 amide bonds. The standard InChI is InChI=1S/C10H16N2O/c1-10(4-2-5-10)8-7-12-9(13-8)3-6-11/h7H,2-6,11H2,1H3. The molecule has 0 spiro atoms. The maximum Gasteiger partial charge on any atom is 0.195 e. The van der Waals surface area contributed by atoms with Crippen LogP contribution in [0.1, 0.15) is 37.8 Å². The second-order valence-corrected chi connectivity index (χ2v) is 4.07. The van der Waals surface area contributed by atoms with E-state index in [1.807, 2.05) is 6.20 Å². The highest BCUT2D eigenvalue weighted by Gasteiger charge is 2.36. The van der Waals surface area contributed by atoms with Crippen molar-refractivity contribution in [2.24, 2.45) is 5.73 Å². The Morgan fingerprint density at radius 2 is 2.38 bits per heavy atom. The van der Waals surface area contributed by atoms with Gasteiger partial charge >= 0.3 is 0 Å². The second kappa shape index (κ2) is 3.14. The molecular formula is C10H16N2O. The average Bonchev–Trinajstić information content (AvgIpc) is 2.50. The molecule has 1 aromatic heterocycles. The maximum atomic E-state index is 5.64. The van der Waals surface area contributed by atoms with Gasteiger partial charge in [-0.2, -0.15) is 0 Å². The molecule has 1 aliphatic rings. The van der Waals surface area contributed by atoms with Crippen LogP contribution < -0.4 is 5.73 Å². The summed E-state index contributed by atoms with van der Waals surface area (Å²) in [5, 5.41) is 0. The van der Waals surface area contributed by atoms with E-state index in [0.717, 1.165) is 18.1 Å². The number of rotatable bonds is 3. The van der Waals surface area contributed by atoms with Crippen LogP contribution in [0.3, 0.4) is 0 Å². The Morgan fingerprint density at radius 1 is 1.62 bits per heavy atom. The number of nitrogens with zero attached hydrogens (tertiary/aromatic N) is 1. The third-order valence-corrected chi connectivity index (χ3v) is 2.96. The van der Waals surface area contributed by atoms with E-state index in [1.54, 1.807) is 0 Å². The quantitative estimate of drug-likeness (QED) is 0.769. The first-order chi connectivity index (χ1) is 6.24. The van der Waals surface area contributed by atoms with Crippen LogP contribution in [0.5, 0.6) is 0 Å². The highest BCUT2D eigenvalue weighted by atomic mass is 16.4. The third-order valence-electron chi connectivity index (χ3n) is 2.96. The van der Waals surface area contributed by atoms with Gasteiger partial charge in [-0.15, -0.1) is 0 Å². The van der Waals surface area contributed by atoms with Gasteiger partial charge in [-0.3, -0.25) is 0 Å². The van der Waals surface area contributed by atoms with E-state index in [2.05, 4.69) is 11.9 Å². The lowest BCUT2D eigenvalue weighted by Gasteiger charge is -2.35. The molecule has 0 aliphatic heterocycles. The number of hydrogen-bond acceptors (Lipinski definition) is 3. The third kappa shape index (κ3) is 1.48. The maximum absolute atomic E-state index is 5.64. The summed E-state index contributed by atoms with van der Waals surface area (Å²) in [7, 11) is 0. The summed E-state index contributed by atoms with van der Waals surface area (Å²) in [4.78, 5) is 4.21. The van der Waals surface area contributed by atoms with Gasteiger partial charge in [0.05, 0.1) is 6.20 Å². The molecule has 3 nitrogen and oxygen atoms in total. The van der Waals surface area contributed by atoms with Crippen molar-refractivity contribution in [3.8, 4) is 0 Å². The highest BCUT2D eigenvalue weighted by molar-refractivity contribution is 5.13. The predicted molar refractivity (Wildman–Crippen MR) is 50.5 cm³/mol. The Kier molecular flexibility index (Phi) is 2.12. The molecule has 1 aliphatic carbocycles. The predicted octanol–water partition coefficient (Wildman–Crippen LogP) is 1.62. The Hall–Kier alpha value is -0.830. The number of hydrogen-bond donors (Lipinski definition) is 1. The van der Waals surface area contributed by atoms with Crippen LogP contribution in [0.2, 0.25) is 0 Å². The van der Waals surface area contributed by atoms with Gasteiger partial charge in [0, 0.05) is 18.4 Å². The summed E-state index contributed by atoms with van der Waals surface area (Å²) in [5.41, 5.74) is 5.69. The number of nitrogens with two attached hydrogens (primary N) is 1. The minimum atomic E-state index is 0.264. The lowest BCUT2D eigenvalue weighted by Crippen LogP contribution is -2.29. The van der Waals surface area contributed by atoms with Crippen molar-refractivity contribution in [3.63, 3.8) is 0 Å². The fourth-order valence-corrected chi connectivity index (χ4v) is 1.78. The summed E-state index contributed by atoms with van der Waals surface area (Å²) in [6.45, 7) is 2.85. The molecule has 1 aromatic rings. The molecule has 3 heteroatoms. The summed E-state index contributed by atoms with van der Waals surface area (Å²) in [6.07, 6.45) is 6.37. The van der Waals surface area contributed by atoms with Crippen LogP contribution in [0.25, 0.3) is 0 Å². The summed E-state index contributed by atoms with van der Waals surface area (Å²) < 4.78 is 5.64. The first-order valence-corrected chi connectivity index (χ1v) is 4.90. The zero-order valence-corrected chi connectivity index (χ0v) is 8.05. The van der Waals surface area contributed by atoms with Gasteiger partial charge in [-0.1, -0.05) is 13.3 Å². The van der Waals surface area contributed by atoms with Gasteiger partial charge in [0.2, 0.25) is 0 Å². The van der Waals surface area contributed by atoms with Crippen molar-refractivity contribution in [1.82, 2.24) is 4.98 Å². The first kappa shape index (κ1) is 8.75. The molecule has 0 bridgehead atoms. The van der Waals surface area contributed by atoms with E-state index in [0.29, 0.717) is 6.54 Å². The molecule has 0 unspecified atom stereocenters. The zero-order chi connectivity index (χ0) is 9.31. The molecular weight excluding hydrogens is 164 g/mol. The molecule has 0 aromatic carbocycles. The van der Waals surface area contributed by atoms with Crippen molar-refractivity contribution < 1.29 is 4.42 Å². The normalized spacial score (nSPS) is 19.8. The van der Waals surface area contributed by atoms with Crippen LogP contribution >= 0.6 is 0 Å². The van der Waals surface area contributed by atoms with Crippen LogP contribution in [-0.2, 0) is 11.8 Å². The zero-order valence-electron chi connectivity index (χ0n) is 8.05. The summed E-state index contributed by atoms with van der Waals surface area (Å²) >= 11 is 0. The lowest BCUT2D eigenvalue weighted by atomic mass is 9.69. The number of oxazole rings is 1. The monoisotopic (exact) mass is 180 g/mol. The number of aromatic nitrogens is 1. The molecule has 0 radical (unpaired) electrons. The smallest absolute Gasteiger partial charge is 0.195 e. The second-order valence-electron chi connectivity index (χ2n) is 4.07. The van der Waals surface area contributed by atoms with Crippen molar-refractivity contribution in [1.29, 1.82) is 0 Å². The first-order valence-electron chi connectivity index (χ1n) is 4.90. The molecule has 2 rings (SSSR count). The molecule has 1 fully saturated rings. The van der Waals surface area contributed by atoms with Crippen LogP contribution in [0, 0.1) is 0 Å². The molecule has 2 N–H and O–H groups in total. The van der Waals surface area contributed by atoms with Crippen LogP contribution in [-0.4, -0.2) is 11.5 Å². The van der Waals surface area contributed by atoms with E-state index < -0.39 is 0 Å². The average molecular weight is 180 g/mol. The molecule has 1 heterocycles. The molecule has 72 valence electrons. The van der Waals surface area contributed by atoms with Crippen molar-refractivity contribution in [2.45, 2.75) is 38.0 Å². The van der Waals surface area contributed by atoms with Gasteiger partial charge < -0.3 is 10.2 Å². The molecule has 13 heavy (non-hydrogen) atoms. The molecule has 0 saturated heterocycles. The Balaban J connectivity index is 2.12. The van der Waals surface area contributed by atoms with E-state index in [1.165, 1.54) is 19.3 Å². The summed E-state index contributed by atoms with van der Waals surface area (Å²) in [6, 6.07) is 0. The topological polar surface area (TPSA) is 52.0 Å². The molecule has 0 atom stereocenters. The minimum Gasteiger partial charge on any atom is -0.445 e. The van der Waals surface area contributed by atoms with Gasteiger partial charge in [-0.05, 0) is 12.8 Å². The Bertz CT molecular complexity index is 289. The van der Waals surface area contributed by atoms with E-state index >= 15 is 0 Å². The van der Waals surface area contributed by atoms with Gasteiger partial charge in [0.15, 0.2) is 5.89 Å². The molecule has 1 saturated carbocycles. The van der Waals surface area contributed by atoms with Crippen molar-refractivity contribution >= 4 is 0 Å². The van der Waals surface area contributed by atoms with E-state index in [4.69, 9.17) is 10.2 Å². The van der Waals surface area contributed by atoms with E-state index in [-0.39, 0.29) is 5.41 Å². The van der Waals surface area contributed by atoms with Crippen LogP contribution in [0.4, 0.5) is 0 Å². The van der Waals surface area contributed by atoms with E-state index in [9.17, 15) is 0 Å². The Morgan fingerprint density at radius 3 is 2.92 bits per heavy atom. The van der Waals surface area contributed by atoms with Gasteiger partial charge in [-0.25, -0.2) is 4.98 Å². The minimum absolute atomic E-state index is 0.264. The van der Waals surface area contributed by atoms with Gasteiger partial charge in [0.1, 0.15) is 5.76 Å². The lowest BCUT2D eigenvalue weighted by molar-refractivity contribution is 0.219. The van der Waals surface area contributed by atoms with Crippen molar-refractivity contribution in [3.05, 3.63) is 17.8 Å². The fraction of sp³-hybridized carbons (Fsp3) is 0.700. The fourth-order valence-electron chi connectivity index (χ4n) is 1.78. The van der Waals surface area contributed by atoms with Crippen molar-refractivity contribution in [2.75, 3.05) is 6.54 Å².